The number of carbonyl (C=O) groups is 4. The second kappa shape index (κ2) is 7.86. The molecule has 0 N–H and O–H groups in total. The number of Topliss-reactive ketones (excluding diaryl/α,β-unsaturated/α-hetero) is 2. The minimum absolute atomic E-state index is 0.305. The molecule has 2 aliphatic heterocycles. The Bertz CT molecular complexity index is 1250. The molecule has 0 radical (unpaired) electrons. The average Bonchev–Trinajstić information content (AvgIpc) is 3.26. The summed E-state index contributed by atoms with van der Waals surface area (Å²) in [6.07, 6.45) is 4.71. The van der Waals surface area contributed by atoms with Crippen LogP contribution in [0.4, 0.5) is 0 Å². The lowest BCUT2D eigenvalue weighted by Gasteiger charge is -2.40. The van der Waals surface area contributed by atoms with E-state index in [1.807, 2.05) is 53.7 Å². The van der Waals surface area contributed by atoms with Crippen LogP contribution in [-0.4, -0.2) is 23.5 Å². The minimum atomic E-state index is -0.848. The molecule has 188 valence electrons. The third-order valence-corrected chi connectivity index (χ3v) is 7.86. The summed E-state index contributed by atoms with van der Waals surface area (Å²) in [5.41, 5.74) is 2.89. The standard InChI is InChI=1S/C30H32O6/c1-28(2,3)20-14-16(12-18-22(31)26(33)35-24(18)20)30(10-8-7-9-11-30)17-13-19-23(32)27(34)36-25(19)21(15-17)29(4,5)6/h12-15H,7-11H2,1-6H3. The first-order chi connectivity index (χ1) is 16.7. The Balaban J connectivity index is 1.81. The van der Waals surface area contributed by atoms with E-state index >= 15 is 0 Å². The molecule has 1 saturated carbocycles. The fourth-order valence-electron chi connectivity index (χ4n) is 5.88. The highest BCUT2D eigenvalue weighted by atomic mass is 16.6. The van der Waals surface area contributed by atoms with Gasteiger partial charge in [-0.1, -0.05) is 72.9 Å². The monoisotopic (exact) mass is 488 g/mol. The normalized spacial score (nSPS) is 19.2. The van der Waals surface area contributed by atoms with Gasteiger partial charge >= 0.3 is 11.9 Å². The van der Waals surface area contributed by atoms with Gasteiger partial charge in [0.25, 0.3) is 11.6 Å². The SMILES string of the molecule is CC(C)(C)c1cc(C2(c3cc4c(c(C(C)(C)C)c3)OC(=O)C4=O)CCCCC2)cc2c1OC(=O)C2=O. The first kappa shape index (κ1) is 24.4. The molecule has 5 rings (SSSR count). The summed E-state index contributed by atoms with van der Waals surface area (Å²) in [6.45, 7) is 12.2. The van der Waals surface area contributed by atoms with Gasteiger partial charge in [-0.25, -0.2) is 9.59 Å². The molecule has 2 aromatic carbocycles. The highest BCUT2D eigenvalue weighted by Crippen LogP contribution is 2.51. The van der Waals surface area contributed by atoms with E-state index in [4.69, 9.17) is 9.47 Å². The number of ketones is 2. The van der Waals surface area contributed by atoms with Crippen molar-refractivity contribution in [2.24, 2.45) is 0 Å². The number of fused-ring (bicyclic) bond motifs is 2. The van der Waals surface area contributed by atoms with E-state index in [-0.39, 0.29) is 10.8 Å². The van der Waals surface area contributed by atoms with Crippen molar-refractivity contribution in [1.29, 1.82) is 0 Å². The van der Waals surface area contributed by atoms with Gasteiger partial charge in [-0.2, -0.15) is 0 Å². The first-order valence-corrected chi connectivity index (χ1v) is 12.6. The molecular formula is C30H32O6. The van der Waals surface area contributed by atoms with Gasteiger partial charge in [-0.05, 0) is 46.9 Å². The quantitative estimate of drug-likeness (QED) is 0.305. The Morgan fingerprint density at radius 2 is 1.00 bits per heavy atom. The molecule has 6 heteroatoms. The van der Waals surface area contributed by atoms with Crippen molar-refractivity contribution in [2.45, 2.75) is 89.9 Å². The molecule has 0 unspecified atom stereocenters. The van der Waals surface area contributed by atoms with Gasteiger partial charge in [0.1, 0.15) is 11.5 Å². The van der Waals surface area contributed by atoms with Crippen LogP contribution in [0.1, 0.15) is 117 Å². The molecule has 0 saturated heterocycles. The van der Waals surface area contributed by atoms with Gasteiger partial charge in [0.05, 0.1) is 11.1 Å². The largest absolute Gasteiger partial charge is 0.419 e. The molecule has 0 bridgehead atoms. The lowest BCUT2D eigenvalue weighted by atomic mass is 9.63. The van der Waals surface area contributed by atoms with Crippen LogP contribution < -0.4 is 9.47 Å². The van der Waals surface area contributed by atoms with Gasteiger partial charge in [0, 0.05) is 16.5 Å². The Kier molecular flexibility index (Phi) is 5.33. The molecule has 1 fully saturated rings. The van der Waals surface area contributed by atoms with Crippen molar-refractivity contribution in [3.05, 3.63) is 57.6 Å². The molecule has 36 heavy (non-hydrogen) atoms. The zero-order valence-electron chi connectivity index (χ0n) is 21.8. The molecular weight excluding hydrogens is 456 g/mol. The summed E-state index contributed by atoms with van der Waals surface area (Å²) in [4.78, 5) is 50.1. The molecule has 3 aliphatic rings. The highest BCUT2D eigenvalue weighted by molar-refractivity contribution is 6.45. The van der Waals surface area contributed by atoms with E-state index in [9.17, 15) is 19.2 Å². The molecule has 6 nitrogen and oxygen atoms in total. The van der Waals surface area contributed by atoms with Crippen molar-refractivity contribution in [3.8, 4) is 11.5 Å². The van der Waals surface area contributed by atoms with E-state index in [0.717, 1.165) is 54.4 Å². The van der Waals surface area contributed by atoms with E-state index < -0.39 is 28.9 Å². The maximum absolute atomic E-state index is 12.8. The van der Waals surface area contributed by atoms with Crippen LogP contribution in [-0.2, 0) is 25.8 Å². The summed E-state index contributed by atoms with van der Waals surface area (Å²) in [5.74, 6) is -2.24. The zero-order chi connectivity index (χ0) is 26.2. The summed E-state index contributed by atoms with van der Waals surface area (Å²) in [7, 11) is 0. The molecule has 1 aliphatic carbocycles. The van der Waals surface area contributed by atoms with Crippen LogP contribution in [0.5, 0.6) is 11.5 Å². The van der Waals surface area contributed by atoms with E-state index in [0.29, 0.717) is 22.6 Å². The topological polar surface area (TPSA) is 86.7 Å². The molecule has 2 heterocycles. The number of rotatable bonds is 2. The maximum atomic E-state index is 12.8. The van der Waals surface area contributed by atoms with Crippen LogP contribution in [0.3, 0.4) is 0 Å². The third kappa shape index (κ3) is 3.61. The van der Waals surface area contributed by atoms with E-state index in [2.05, 4.69) is 12.1 Å². The van der Waals surface area contributed by atoms with Crippen LogP contribution >= 0.6 is 0 Å². The van der Waals surface area contributed by atoms with Gasteiger partial charge in [-0.15, -0.1) is 0 Å². The zero-order valence-corrected chi connectivity index (χ0v) is 21.8. The number of hydrogen-bond donors (Lipinski definition) is 0. The number of esters is 2. The highest BCUT2D eigenvalue weighted by Gasteiger charge is 2.44. The van der Waals surface area contributed by atoms with Crippen molar-refractivity contribution in [1.82, 2.24) is 0 Å². The molecule has 0 aromatic heterocycles. The van der Waals surface area contributed by atoms with Crippen molar-refractivity contribution in [3.63, 3.8) is 0 Å². The molecule has 2 aromatic rings. The number of ether oxygens (including phenoxy) is 2. The maximum Gasteiger partial charge on any atom is 0.385 e. The molecule has 0 amide bonds. The summed E-state index contributed by atoms with van der Waals surface area (Å²) in [5, 5.41) is 0. The Morgan fingerprint density at radius 3 is 1.36 bits per heavy atom. The summed E-state index contributed by atoms with van der Waals surface area (Å²) in [6, 6.07) is 7.78. The van der Waals surface area contributed by atoms with E-state index in [1.54, 1.807) is 0 Å². The first-order valence-electron chi connectivity index (χ1n) is 12.6. The fourth-order valence-corrected chi connectivity index (χ4v) is 5.88. The minimum Gasteiger partial charge on any atom is -0.419 e. The van der Waals surface area contributed by atoms with Crippen LogP contribution in [0.2, 0.25) is 0 Å². The van der Waals surface area contributed by atoms with Gasteiger partial charge in [-0.3, -0.25) is 9.59 Å². The van der Waals surface area contributed by atoms with Crippen LogP contribution in [0, 0.1) is 0 Å². The van der Waals surface area contributed by atoms with Crippen LogP contribution in [0.15, 0.2) is 24.3 Å². The molecule has 0 spiro atoms. The Hall–Kier alpha value is -3.28. The Labute approximate surface area is 211 Å². The van der Waals surface area contributed by atoms with Crippen molar-refractivity contribution < 1.29 is 28.7 Å². The second-order valence-electron chi connectivity index (χ2n) is 12.4. The summed E-state index contributed by atoms with van der Waals surface area (Å²) >= 11 is 0. The van der Waals surface area contributed by atoms with E-state index in [1.165, 1.54) is 0 Å². The lowest BCUT2D eigenvalue weighted by molar-refractivity contribution is -0.129. The average molecular weight is 489 g/mol. The van der Waals surface area contributed by atoms with Gasteiger partial charge in [0.2, 0.25) is 0 Å². The van der Waals surface area contributed by atoms with Gasteiger partial charge in [0.15, 0.2) is 0 Å². The van der Waals surface area contributed by atoms with Crippen molar-refractivity contribution in [2.75, 3.05) is 0 Å². The number of hydrogen-bond acceptors (Lipinski definition) is 6. The number of benzene rings is 2. The van der Waals surface area contributed by atoms with Crippen LogP contribution in [0.25, 0.3) is 0 Å². The lowest BCUT2D eigenvalue weighted by Crippen LogP contribution is -2.32. The summed E-state index contributed by atoms with van der Waals surface area (Å²) < 4.78 is 10.8. The fraction of sp³-hybridized carbons (Fsp3) is 0.467. The predicted octanol–water partition coefficient (Wildman–Crippen LogP) is 5.74. The third-order valence-electron chi connectivity index (χ3n) is 7.86. The smallest absolute Gasteiger partial charge is 0.385 e. The number of carbonyl (C=O) groups excluding carboxylic acids is 4. The molecule has 0 atom stereocenters. The Morgan fingerprint density at radius 1 is 0.611 bits per heavy atom. The second-order valence-corrected chi connectivity index (χ2v) is 12.4. The van der Waals surface area contributed by atoms with Gasteiger partial charge < -0.3 is 9.47 Å². The van der Waals surface area contributed by atoms with Crippen molar-refractivity contribution >= 4 is 23.5 Å². The predicted molar refractivity (Wildman–Crippen MR) is 134 cm³/mol.